The van der Waals surface area contributed by atoms with E-state index in [0.29, 0.717) is 5.02 Å². The zero-order valence-corrected chi connectivity index (χ0v) is 11.9. The highest BCUT2D eigenvalue weighted by Crippen LogP contribution is 2.32. The molecule has 0 saturated heterocycles. The van der Waals surface area contributed by atoms with E-state index in [0.717, 1.165) is 24.9 Å². The number of amides is 1. The highest BCUT2D eigenvalue weighted by Gasteiger charge is 2.26. The second kappa shape index (κ2) is 5.68. The van der Waals surface area contributed by atoms with E-state index in [1.54, 1.807) is 12.1 Å². The number of hydrogen-bond acceptors (Lipinski definition) is 1. The number of carbonyl (C=O) groups is 1. The number of benzene rings is 2. The molecular weight excluding hydrogens is 270 g/mol. The van der Waals surface area contributed by atoms with Gasteiger partial charge in [-0.2, -0.15) is 0 Å². The Kier molecular flexibility index (Phi) is 3.75. The van der Waals surface area contributed by atoms with Gasteiger partial charge in [-0.05, 0) is 48.6 Å². The van der Waals surface area contributed by atoms with Crippen LogP contribution in [0.2, 0.25) is 5.02 Å². The van der Waals surface area contributed by atoms with Crippen LogP contribution in [0.4, 0.5) is 5.69 Å². The van der Waals surface area contributed by atoms with Gasteiger partial charge in [-0.3, -0.25) is 4.79 Å². The molecule has 3 heteroatoms. The molecule has 1 atom stereocenters. The van der Waals surface area contributed by atoms with Crippen LogP contribution < -0.4 is 5.32 Å². The molecule has 0 radical (unpaired) electrons. The molecule has 20 heavy (non-hydrogen) atoms. The summed E-state index contributed by atoms with van der Waals surface area (Å²) in [7, 11) is 0. The predicted molar refractivity (Wildman–Crippen MR) is 82.2 cm³/mol. The first kappa shape index (κ1) is 13.2. The summed E-state index contributed by atoms with van der Waals surface area (Å²) in [4.78, 5) is 12.5. The maximum atomic E-state index is 12.5. The second-order valence-electron chi connectivity index (χ2n) is 5.14. The Bertz CT molecular complexity index is 638. The monoisotopic (exact) mass is 285 g/mol. The third kappa shape index (κ3) is 2.70. The van der Waals surface area contributed by atoms with Gasteiger partial charge >= 0.3 is 0 Å². The van der Waals surface area contributed by atoms with Gasteiger partial charge in [0.15, 0.2) is 0 Å². The van der Waals surface area contributed by atoms with Crippen molar-refractivity contribution in [2.45, 2.75) is 25.2 Å². The summed E-state index contributed by atoms with van der Waals surface area (Å²) in [5, 5.41) is 3.60. The van der Waals surface area contributed by atoms with E-state index < -0.39 is 0 Å². The molecule has 2 nitrogen and oxygen atoms in total. The Labute approximate surface area is 123 Å². The van der Waals surface area contributed by atoms with Crippen molar-refractivity contribution in [3.05, 3.63) is 64.7 Å². The Hall–Kier alpha value is -1.80. The zero-order valence-electron chi connectivity index (χ0n) is 11.1. The number of nitrogens with one attached hydrogen (secondary N) is 1. The van der Waals surface area contributed by atoms with Gasteiger partial charge in [0.2, 0.25) is 5.91 Å². The topological polar surface area (TPSA) is 29.1 Å². The Morgan fingerprint density at radius 2 is 2.00 bits per heavy atom. The summed E-state index contributed by atoms with van der Waals surface area (Å²) >= 11 is 5.94. The predicted octanol–water partition coefficient (Wildman–Crippen LogP) is 4.40. The van der Waals surface area contributed by atoms with Gasteiger partial charge in [0, 0.05) is 10.7 Å². The first-order valence-electron chi connectivity index (χ1n) is 6.88. The van der Waals surface area contributed by atoms with Crippen LogP contribution in [0.5, 0.6) is 0 Å². The van der Waals surface area contributed by atoms with E-state index in [4.69, 9.17) is 11.6 Å². The minimum atomic E-state index is -0.0565. The molecule has 3 rings (SSSR count). The van der Waals surface area contributed by atoms with Crippen LogP contribution in [-0.4, -0.2) is 5.91 Å². The zero-order chi connectivity index (χ0) is 13.9. The normalized spacial score (nSPS) is 17.4. The van der Waals surface area contributed by atoms with Crippen molar-refractivity contribution >= 4 is 23.2 Å². The summed E-state index contributed by atoms with van der Waals surface area (Å²) in [6, 6.07) is 15.5. The number of halogens is 1. The highest BCUT2D eigenvalue weighted by atomic mass is 35.5. The quantitative estimate of drug-likeness (QED) is 0.871. The standard InChI is InChI=1S/C17H16ClNO/c18-13-7-4-8-14(11-13)19-17(20)16-10-3-6-12-5-1-2-9-15(12)16/h1-2,4-5,7-9,11,16H,3,6,10H2,(H,19,20)/t16-/m1/s1. The van der Waals surface area contributed by atoms with Gasteiger partial charge in [0.25, 0.3) is 0 Å². The van der Waals surface area contributed by atoms with Crippen molar-refractivity contribution in [1.82, 2.24) is 0 Å². The average molecular weight is 286 g/mol. The number of anilines is 1. The Morgan fingerprint density at radius 3 is 2.85 bits per heavy atom. The smallest absolute Gasteiger partial charge is 0.231 e. The fourth-order valence-corrected chi connectivity index (χ4v) is 3.01. The lowest BCUT2D eigenvalue weighted by atomic mass is 9.82. The largest absolute Gasteiger partial charge is 0.326 e. The maximum Gasteiger partial charge on any atom is 0.231 e. The third-order valence-corrected chi connectivity index (χ3v) is 4.01. The summed E-state index contributed by atoms with van der Waals surface area (Å²) in [6.07, 6.45) is 3.03. The highest BCUT2D eigenvalue weighted by molar-refractivity contribution is 6.30. The van der Waals surface area contributed by atoms with Crippen LogP contribution in [0.3, 0.4) is 0 Å². The van der Waals surface area contributed by atoms with Crippen LogP contribution in [0.1, 0.15) is 29.9 Å². The fourth-order valence-electron chi connectivity index (χ4n) is 2.82. The SMILES string of the molecule is O=C(Nc1cccc(Cl)c1)[C@@H]1CCCc2ccccc21. The summed E-state index contributed by atoms with van der Waals surface area (Å²) in [5.74, 6) is -0.00153. The lowest BCUT2D eigenvalue weighted by Crippen LogP contribution is -2.24. The first-order chi connectivity index (χ1) is 9.74. The molecule has 0 heterocycles. The lowest BCUT2D eigenvalue weighted by molar-refractivity contribution is -0.117. The Morgan fingerprint density at radius 1 is 1.15 bits per heavy atom. The van der Waals surface area contributed by atoms with Crippen molar-refractivity contribution in [3.8, 4) is 0 Å². The van der Waals surface area contributed by atoms with E-state index in [9.17, 15) is 4.79 Å². The first-order valence-corrected chi connectivity index (χ1v) is 7.26. The van der Waals surface area contributed by atoms with Crippen molar-refractivity contribution < 1.29 is 4.79 Å². The molecule has 2 aromatic rings. The van der Waals surface area contributed by atoms with Crippen LogP contribution in [0, 0.1) is 0 Å². The summed E-state index contributed by atoms with van der Waals surface area (Å²) in [6.45, 7) is 0. The molecule has 0 bridgehead atoms. The second-order valence-corrected chi connectivity index (χ2v) is 5.58. The van der Waals surface area contributed by atoms with Gasteiger partial charge in [-0.25, -0.2) is 0 Å². The van der Waals surface area contributed by atoms with Gasteiger partial charge in [0.1, 0.15) is 0 Å². The minimum Gasteiger partial charge on any atom is -0.326 e. The molecule has 0 fully saturated rings. The maximum absolute atomic E-state index is 12.5. The molecule has 1 N–H and O–H groups in total. The van der Waals surface area contributed by atoms with E-state index in [1.165, 1.54) is 11.1 Å². The molecule has 102 valence electrons. The van der Waals surface area contributed by atoms with Crippen molar-refractivity contribution in [2.24, 2.45) is 0 Å². The molecule has 0 spiro atoms. The molecule has 1 amide bonds. The van der Waals surface area contributed by atoms with E-state index in [2.05, 4.69) is 17.4 Å². The summed E-state index contributed by atoms with van der Waals surface area (Å²) in [5.41, 5.74) is 3.22. The molecule has 2 aromatic carbocycles. The van der Waals surface area contributed by atoms with E-state index in [-0.39, 0.29) is 11.8 Å². The van der Waals surface area contributed by atoms with Crippen LogP contribution in [-0.2, 0) is 11.2 Å². The van der Waals surface area contributed by atoms with Crippen molar-refractivity contribution in [3.63, 3.8) is 0 Å². The fraction of sp³-hybridized carbons (Fsp3) is 0.235. The Balaban J connectivity index is 1.82. The van der Waals surface area contributed by atoms with Gasteiger partial charge < -0.3 is 5.32 Å². The van der Waals surface area contributed by atoms with Gasteiger partial charge in [0.05, 0.1) is 5.92 Å². The summed E-state index contributed by atoms with van der Waals surface area (Å²) < 4.78 is 0. The van der Waals surface area contributed by atoms with Crippen LogP contribution >= 0.6 is 11.6 Å². The van der Waals surface area contributed by atoms with Crippen LogP contribution in [0.25, 0.3) is 0 Å². The number of aryl methyl sites for hydroxylation is 1. The van der Waals surface area contributed by atoms with Gasteiger partial charge in [-0.15, -0.1) is 0 Å². The molecule has 0 aliphatic heterocycles. The van der Waals surface area contributed by atoms with Crippen molar-refractivity contribution in [1.29, 1.82) is 0 Å². The van der Waals surface area contributed by atoms with E-state index >= 15 is 0 Å². The molecule has 1 aliphatic rings. The number of carbonyl (C=O) groups excluding carboxylic acids is 1. The number of rotatable bonds is 2. The number of fused-ring (bicyclic) bond motifs is 1. The molecular formula is C17H16ClNO. The molecule has 0 aromatic heterocycles. The molecule has 0 saturated carbocycles. The molecule has 0 unspecified atom stereocenters. The lowest BCUT2D eigenvalue weighted by Gasteiger charge is -2.24. The van der Waals surface area contributed by atoms with E-state index in [1.807, 2.05) is 24.3 Å². The van der Waals surface area contributed by atoms with Crippen molar-refractivity contribution in [2.75, 3.05) is 5.32 Å². The number of hydrogen-bond donors (Lipinski definition) is 1. The third-order valence-electron chi connectivity index (χ3n) is 3.78. The van der Waals surface area contributed by atoms with Gasteiger partial charge in [-0.1, -0.05) is 41.9 Å². The minimum absolute atomic E-state index is 0.0550. The van der Waals surface area contributed by atoms with Crippen LogP contribution in [0.15, 0.2) is 48.5 Å². The molecule has 1 aliphatic carbocycles. The average Bonchev–Trinajstić information content (AvgIpc) is 2.46.